The van der Waals surface area contributed by atoms with Gasteiger partial charge in [0, 0.05) is 12.1 Å². The molecule has 0 fully saturated rings. The molecule has 110 valence electrons. The van der Waals surface area contributed by atoms with Crippen LogP contribution in [0.2, 0.25) is 0 Å². The lowest BCUT2D eigenvalue weighted by atomic mass is 9.97. The Kier molecular flexibility index (Phi) is 6.21. The Morgan fingerprint density at radius 2 is 1.43 bits per heavy atom. The largest absolute Gasteiger partial charge is 0.416 e. The van der Waals surface area contributed by atoms with E-state index in [0.29, 0.717) is 15.3 Å². The first-order chi connectivity index (χ1) is 10.2. The smallest absolute Gasteiger partial charge is 0.242 e. The van der Waals surface area contributed by atoms with Crippen molar-refractivity contribution in [3.63, 3.8) is 0 Å². The highest BCUT2D eigenvalue weighted by Crippen LogP contribution is 2.28. The summed E-state index contributed by atoms with van der Waals surface area (Å²) in [5.74, 6) is 0. The fourth-order valence-corrected chi connectivity index (χ4v) is 3.81. The van der Waals surface area contributed by atoms with Crippen LogP contribution >= 0.6 is 0 Å². The lowest BCUT2D eigenvalue weighted by Crippen LogP contribution is -2.16. The summed E-state index contributed by atoms with van der Waals surface area (Å²) in [7, 11) is 0.481. The van der Waals surface area contributed by atoms with Crippen molar-refractivity contribution in [2.45, 2.75) is 39.2 Å². The van der Waals surface area contributed by atoms with E-state index < -0.39 is 0 Å². The zero-order chi connectivity index (χ0) is 15.1. The van der Waals surface area contributed by atoms with E-state index in [0.717, 1.165) is 13.0 Å². The zero-order valence-corrected chi connectivity index (χ0v) is 14.2. The molecule has 0 aliphatic carbocycles. The molecule has 2 rings (SSSR count). The molecule has 2 aromatic rings. The van der Waals surface area contributed by atoms with Crippen LogP contribution in [0, 0.1) is 13.8 Å². The van der Waals surface area contributed by atoms with Crippen LogP contribution in [0.4, 0.5) is 0 Å². The maximum Gasteiger partial charge on any atom is 0.242 e. The molecule has 0 heterocycles. The molecule has 0 aliphatic rings. The summed E-state index contributed by atoms with van der Waals surface area (Å²) < 4.78 is 5.98. The van der Waals surface area contributed by atoms with E-state index in [1.165, 1.54) is 28.7 Å². The minimum atomic E-state index is 0.351. The van der Waals surface area contributed by atoms with Crippen molar-refractivity contribution in [3.05, 3.63) is 70.8 Å². The Bertz CT molecular complexity index is 519. The maximum atomic E-state index is 5.98. The first kappa shape index (κ1) is 16.0. The third kappa shape index (κ3) is 4.29. The van der Waals surface area contributed by atoms with Crippen LogP contribution in [-0.2, 0) is 4.43 Å². The van der Waals surface area contributed by atoms with Crippen LogP contribution in [0.1, 0.15) is 47.6 Å². The first-order valence-corrected chi connectivity index (χ1v) is 8.71. The van der Waals surface area contributed by atoms with E-state index in [4.69, 9.17) is 4.43 Å². The summed E-state index contributed by atoms with van der Waals surface area (Å²) in [5, 5.41) is 0. The molecule has 0 saturated heterocycles. The molecule has 2 radical (unpaired) electrons. The van der Waals surface area contributed by atoms with Gasteiger partial charge in [0.2, 0.25) is 9.76 Å². The van der Waals surface area contributed by atoms with Crippen molar-refractivity contribution in [1.82, 2.24) is 0 Å². The van der Waals surface area contributed by atoms with Crippen LogP contribution < -0.4 is 0 Å². The van der Waals surface area contributed by atoms with Gasteiger partial charge in [-0.2, -0.15) is 0 Å². The molecule has 21 heavy (non-hydrogen) atoms. The third-order valence-electron chi connectivity index (χ3n) is 3.80. The molecule has 0 bridgehead atoms. The summed E-state index contributed by atoms with van der Waals surface area (Å²) in [5.41, 5.74) is 5.82. The van der Waals surface area contributed by atoms with Crippen LogP contribution in [0.3, 0.4) is 0 Å². The van der Waals surface area contributed by atoms with Crippen LogP contribution in [0.15, 0.2) is 48.5 Å². The normalized spacial score (nSPS) is 11.0. The van der Waals surface area contributed by atoms with Gasteiger partial charge in [0.05, 0.1) is 0 Å². The highest BCUT2D eigenvalue weighted by atomic mass is 28.2. The van der Waals surface area contributed by atoms with Gasteiger partial charge in [-0.15, -0.1) is 0 Å². The quantitative estimate of drug-likeness (QED) is 0.525. The molecule has 0 saturated carbocycles. The van der Waals surface area contributed by atoms with Gasteiger partial charge in [-0.05, 0) is 42.5 Å². The molecule has 0 aromatic heterocycles. The highest BCUT2D eigenvalue weighted by Gasteiger charge is 2.19. The average molecular weight is 296 g/mol. The summed E-state index contributed by atoms with van der Waals surface area (Å²) in [6.07, 6.45) is 2.32. The average Bonchev–Trinajstić information content (AvgIpc) is 2.50. The summed E-state index contributed by atoms with van der Waals surface area (Å²) in [6.45, 7) is 7.45. The van der Waals surface area contributed by atoms with Crippen molar-refractivity contribution in [3.8, 4) is 0 Å². The second-order valence-corrected chi connectivity index (χ2v) is 6.57. The topological polar surface area (TPSA) is 9.23 Å². The van der Waals surface area contributed by atoms with Crippen LogP contribution in [-0.4, -0.2) is 16.4 Å². The monoisotopic (exact) mass is 296 g/mol. The molecule has 0 N–H and O–H groups in total. The van der Waals surface area contributed by atoms with E-state index >= 15 is 0 Å². The molecule has 0 aliphatic heterocycles. The van der Waals surface area contributed by atoms with Crippen molar-refractivity contribution >= 4 is 9.76 Å². The number of aryl methyl sites for hydroxylation is 2. The highest BCUT2D eigenvalue weighted by molar-refractivity contribution is 6.31. The van der Waals surface area contributed by atoms with E-state index in [-0.39, 0.29) is 0 Å². The standard InChI is InChI=1S/C19H24OSi/c1-4-5-14-20-21-19(17-12-8-6-10-15(17)2)18-13-9-7-11-16(18)3/h6-13,19H,4-5,14H2,1-3H3. The Balaban J connectivity index is 2.27. The van der Waals surface area contributed by atoms with Gasteiger partial charge in [0.25, 0.3) is 0 Å². The van der Waals surface area contributed by atoms with Crippen molar-refractivity contribution in [1.29, 1.82) is 0 Å². The van der Waals surface area contributed by atoms with Gasteiger partial charge in [-0.3, -0.25) is 0 Å². The Morgan fingerprint density at radius 3 is 1.90 bits per heavy atom. The Labute approximate surface area is 131 Å². The molecular formula is C19H24OSi. The minimum Gasteiger partial charge on any atom is -0.416 e. The predicted molar refractivity (Wildman–Crippen MR) is 90.8 cm³/mol. The van der Waals surface area contributed by atoms with Gasteiger partial charge in [0.1, 0.15) is 0 Å². The summed E-state index contributed by atoms with van der Waals surface area (Å²) in [6, 6.07) is 17.3. The van der Waals surface area contributed by atoms with Gasteiger partial charge >= 0.3 is 0 Å². The van der Waals surface area contributed by atoms with E-state index in [1.807, 2.05) is 0 Å². The zero-order valence-electron chi connectivity index (χ0n) is 13.2. The Hall–Kier alpha value is -1.38. The maximum absolute atomic E-state index is 5.98. The van der Waals surface area contributed by atoms with E-state index in [9.17, 15) is 0 Å². The van der Waals surface area contributed by atoms with Gasteiger partial charge < -0.3 is 4.43 Å². The number of rotatable bonds is 7. The fourth-order valence-electron chi connectivity index (χ4n) is 2.47. The minimum absolute atomic E-state index is 0.351. The molecule has 0 amide bonds. The SMILES string of the molecule is CCCCO[Si]C(c1ccccc1C)c1ccccc1C. The molecule has 2 heteroatoms. The second kappa shape index (κ2) is 8.16. The lowest BCUT2D eigenvalue weighted by molar-refractivity contribution is 0.322. The van der Waals surface area contributed by atoms with Gasteiger partial charge in [-0.1, -0.05) is 61.9 Å². The number of hydrogen-bond donors (Lipinski definition) is 0. The molecule has 0 unspecified atom stereocenters. The molecule has 0 atom stereocenters. The van der Waals surface area contributed by atoms with Crippen LogP contribution in [0.25, 0.3) is 0 Å². The predicted octanol–water partition coefficient (Wildman–Crippen LogP) is 4.83. The molecule has 0 spiro atoms. The second-order valence-electron chi connectivity index (χ2n) is 5.47. The summed E-state index contributed by atoms with van der Waals surface area (Å²) in [4.78, 5) is 0. The molecule has 1 nitrogen and oxygen atoms in total. The van der Waals surface area contributed by atoms with Crippen molar-refractivity contribution in [2.75, 3.05) is 6.61 Å². The van der Waals surface area contributed by atoms with E-state index in [1.54, 1.807) is 0 Å². The third-order valence-corrected chi connectivity index (χ3v) is 5.03. The molecule has 2 aromatic carbocycles. The number of unbranched alkanes of at least 4 members (excludes halogenated alkanes) is 1. The fraction of sp³-hybridized carbons (Fsp3) is 0.368. The number of benzene rings is 2. The van der Waals surface area contributed by atoms with E-state index in [2.05, 4.69) is 69.3 Å². The summed E-state index contributed by atoms with van der Waals surface area (Å²) >= 11 is 0. The van der Waals surface area contributed by atoms with Crippen LogP contribution in [0.5, 0.6) is 0 Å². The van der Waals surface area contributed by atoms with Gasteiger partial charge in [0.15, 0.2) is 0 Å². The van der Waals surface area contributed by atoms with Crippen molar-refractivity contribution < 1.29 is 4.43 Å². The van der Waals surface area contributed by atoms with Crippen molar-refractivity contribution in [2.24, 2.45) is 0 Å². The lowest BCUT2D eigenvalue weighted by Gasteiger charge is -2.20. The Morgan fingerprint density at radius 1 is 0.905 bits per heavy atom. The first-order valence-electron chi connectivity index (χ1n) is 7.72. The van der Waals surface area contributed by atoms with Gasteiger partial charge in [-0.25, -0.2) is 0 Å². The number of hydrogen-bond acceptors (Lipinski definition) is 1. The molecular weight excluding hydrogens is 272 g/mol.